The number of carbonyl (C=O) groups excluding carboxylic acids is 2. The zero-order valence-electron chi connectivity index (χ0n) is 9.30. The van der Waals surface area contributed by atoms with Crippen LogP contribution >= 0.6 is 24.2 Å². The molecule has 1 heterocycles. The molecule has 0 atom stereocenters. The molecule has 1 amide bonds. The number of fused-ring (bicyclic) bond motifs is 1. The summed E-state index contributed by atoms with van der Waals surface area (Å²) in [6.07, 6.45) is 1.58. The normalized spacial score (nSPS) is 14.4. The fourth-order valence-corrected chi connectivity index (χ4v) is 2.82. The number of ketones is 1. The predicted octanol–water partition coefficient (Wildman–Crippen LogP) is 2.47. The first-order valence-electron chi connectivity index (χ1n) is 5.32. The van der Waals surface area contributed by atoms with E-state index in [1.54, 1.807) is 6.92 Å². The van der Waals surface area contributed by atoms with Crippen LogP contribution in [0, 0.1) is 0 Å². The number of amides is 1. The molecule has 0 unspecified atom stereocenters. The Morgan fingerprint density at radius 1 is 1.59 bits per heavy atom. The van der Waals surface area contributed by atoms with Gasteiger partial charge >= 0.3 is 6.09 Å². The van der Waals surface area contributed by atoms with E-state index >= 15 is 0 Å². The number of hydrogen-bond donors (Lipinski definition) is 1. The van der Waals surface area contributed by atoms with Crippen LogP contribution in [0.4, 0.5) is 9.93 Å². The Hall–Kier alpha value is -1.08. The Labute approximate surface area is 108 Å². The monoisotopic (exact) mass is 272 g/mol. The summed E-state index contributed by atoms with van der Waals surface area (Å²) < 4.78 is 5.85. The van der Waals surface area contributed by atoms with Gasteiger partial charge in [-0.2, -0.15) is 4.31 Å². The average molecular weight is 272 g/mol. The summed E-state index contributed by atoms with van der Waals surface area (Å²) in [4.78, 5) is 28.0. The number of ether oxygens (including phenoxy) is 1. The van der Waals surface area contributed by atoms with Gasteiger partial charge in [0.2, 0.25) is 5.13 Å². The van der Waals surface area contributed by atoms with Crippen molar-refractivity contribution >= 4 is 41.2 Å². The van der Waals surface area contributed by atoms with Crippen LogP contribution in [-0.4, -0.2) is 23.5 Å². The maximum Gasteiger partial charge on any atom is 0.426 e. The van der Waals surface area contributed by atoms with Crippen molar-refractivity contribution in [2.45, 2.75) is 26.2 Å². The number of rotatable bonds is 2. The first-order chi connectivity index (χ1) is 8.13. The first-order valence-corrected chi connectivity index (χ1v) is 6.53. The molecule has 92 valence electrons. The van der Waals surface area contributed by atoms with Crippen LogP contribution in [0.5, 0.6) is 0 Å². The van der Waals surface area contributed by atoms with Crippen LogP contribution < -0.4 is 4.31 Å². The summed E-state index contributed by atoms with van der Waals surface area (Å²) in [5.74, 6) is 0.0978. The van der Waals surface area contributed by atoms with Crippen molar-refractivity contribution < 1.29 is 14.3 Å². The lowest BCUT2D eigenvalue weighted by Gasteiger charge is -2.10. The van der Waals surface area contributed by atoms with E-state index in [0.717, 1.165) is 22.8 Å². The third-order valence-electron chi connectivity index (χ3n) is 2.38. The number of Topliss-reactive ketones (excluding diaryl/α,β-unsaturated/α-hetero) is 1. The van der Waals surface area contributed by atoms with Crippen molar-refractivity contribution in [1.29, 1.82) is 0 Å². The molecule has 0 saturated carbocycles. The second-order valence-corrected chi connectivity index (χ2v) is 4.94. The maximum absolute atomic E-state index is 11.6. The quantitative estimate of drug-likeness (QED) is 0.840. The molecular weight excluding hydrogens is 260 g/mol. The van der Waals surface area contributed by atoms with Crippen LogP contribution in [0.2, 0.25) is 0 Å². The molecule has 0 bridgehead atoms. The Morgan fingerprint density at radius 3 is 3.00 bits per heavy atom. The molecule has 1 aromatic rings. The van der Waals surface area contributed by atoms with E-state index in [1.807, 2.05) is 0 Å². The molecule has 2 rings (SSSR count). The smallest absolute Gasteiger partial charge is 0.426 e. The van der Waals surface area contributed by atoms with Crippen molar-refractivity contribution in [2.75, 3.05) is 10.9 Å². The Bertz CT molecular complexity index is 458. The van der Waals surface area contributed by atoms with Gasteiger partial charge < -0.3 is 4.74 Å². The number of nitrogens with zero attached hydrogens (tertiary/aromatic N) is 2. The molecule has 1 aliphatic rings. The Balaban J connectivity index is 2.23. The van der Waals surface area contributed by atoms with E-state index in [9.17, 15) is 9.59 Å². The number of aromatic nitrogens is 1. The minimum Gasteiger partial charge on any atom is -0.449 e. The fraction of sp³-hybridized carbons (Fsp3) is 0.500. The summed E-state index contributed by atoms with van der Waals surface area (Å²) >= 11 is 5.23. The molecule has 5 nitrogen and oxygen atoms in total. The molecule has 0 saturated heterocycles. The van der Waals surface area contributed by atoms with Gasteiger partial charge in [-0.15, -0.1) is 0 Å². The highest BCUT2D eigenvalue weighted by molar-refractivity contribution is 7.83. The molecule has 7 heteroatoms. The van der Waals surface area contributed by atoms with Crippen LogP contribution in [0.15, 0.2) is 0 Å². The minimum absolute atomic E-state index is 0.0978. The first kappa shape index (κ1) is 12.4. The summed E-state index contributed by atoms with van der Waals surface area (Å²) in [6.45, 7) is 2.00. The highest BCUT2D eigenvalue weighted by atomic mass is 32.1. The molecule has 0 radical (unpaired) electrons. The number of aryl methyl sites for hydroxylation is 1. The van der Waals surface area contributed by atoms with Gasteiger partial charge in [0, 0.05) is 6.42 Å². The second kappa shape index (κ2) is 5.05. The van der Waals surface area contributed by atoms with Crippen LogP contribution in [0.1, 0.15) is 35.1 Å². The second-order valence-electron chi connectivity index (χ2n) is 3.56. The molecule has 1 aliphatic carbocycles. The van der Waals surface area contributed by atoms with E-state index in [1.165, 1.54) is 11.3 Å². The van der Waals surface area contributed by atoms with E-state index in [2.05, 4.69) is 17.8 Å². The number of carbonyl (C=O) groups is 2. The van der Waals surface area contributed by atoms with Crippen LogP contribution in [0.25, 0.3) is 0 Å². The third kappa shape index (κ3) is 2.44. The lowest BCUT2D eigenvalue weighted by Crippen LogP contribution is -2.21. The van der Waals surface area contributed by atoms with E-state index in [4.69, 9.17) is 4.74 Å². The molecule has 1 aromatic heterocycles. The van der Waals surface area contributed by atoms with Gasteiger partial charge in [-0.3, -0.25) is 4.79 Å². The zero-order valence-corrected chi connectivity index (χ0v) is 11.0. The van der Waals surface area contributed by atoms with Gasteiger partial charge in [0.15, 0.2) is 5.78 Å². The molecular formula is C10H12N2O3S2. The summed E-state index contributed by atoms with van der Waals surface area (Å²) in [5.41, 5.74) is 0.768. The van der Waals surface area contributed by atoms with Gasteiger partial charge in [-0.25, -0.2) is 9.78 Å². The van der Waals surface area contributed by atoms with E-state index in [0.29, 0.717) is 16.4 Å². The molecule has 0 N–H and O–H groups in total. The summed E-state index contributed by atoms with van der Waals surface area (Å²) in [7, 11) is 0. The highest BCUT2D eigenvalue weighted by Gasteiger charge is 2.25. The SMILES string of the molecule is CCOC(=O)N(S)c1nc2c(s1)C(=O)CCC2. The zero-order chi connectivity index (χ0) is 12.4. The lowest BCUT2D eigenvalue weighted by atomic mass is 10.0. The van der Waals surface area contributed by atoms with Gasteiger partial charge in [-0.1, -0.05) is 24.2 Å². The molecule has 0 aliphatic heterocycles. The van der Waals surface area contributed by atoms with E-state index in [-0.39, 0.29) is 12.4 Å². The average Bonchev–Trinajstić information content (AvgIpc) is 2.73. The van der Waals surface area contributed by atoms with Crippen molar-refractivity contribution in [2.24, 2.45) is 0 Å². The lowest BCUT2D eigenvalue weighted by molar-refractivity contribution is 0.0976. The van der Waals surface area contributed by atoms with E-state index < -0.39 is 6.09 Å². The van der Waals surface area contributed by atoms with Crippen molar-refractivity contribution in [1.82, 2.24) is 4.98 Å². The third-order valence-corrected chi connectivity index (χ3v) is 3.99. The summed E-state index contributed by atoms with van der Waals surface area (Å²) in [5, 5.41) is 0.395. The molecule has 0 aromatic carbocycles. The van der Waals surface area contributed by atoms with Crippen LogP contribution in [0.3, 0.4) is 0 Å². The van der Waals surface area contributed by atoms with Gasteiger partial charge in [0.1, 0.15) is 0 Å². The fourth-order valence-electron chi connectivity index (χ4n) is 1.61. The number of anilines is 1. The van der Waals surface area contributed by atoms with Crippen molar-refractivity contribution in [3.8, 4) is 0 Å². The molecule has 0 spiro atoms. The molecule has 17 heavy (non-hydrogen) atoms. The minimum atomic E-state index is -0.575. The van der Waals surface area contributed by atoms with Crippen molar-refractivity contribution in [3.63, 3.8) is 0 Å². The maximum atomic E-state index is 11.6. The van der Waals surface area contributed by atoms with Crippen molar-refractivity contribution in [3.05, 3.63) is 10.6 Å². The summed E-state index contributed by atoms with van der Waals surface area (Å²) in [6, 6.07) is 0. The topological polar surface area (TPSA) is 59.5 Å². The van der Waals surface area contributed by atoms with Gasteiger partial charge in [0.05, 0.1) is 17.2 Å². The number of hydrogen-bond acceptors (Lipinski definition) is 6. The number of thiol groups is 1. The highest BCUT2D eigenvalue weighted by Crippen LogP contribution is 2.32. The predicted molar refractivity (Wildman–Crippen MR) is 67.9 cm³/mol. The molecule has 0 fully saturated rings. The standard InChI is InChI=1S/C10H12N2O3S2/c1-2-15-10(14)12(16)9-11-6-4-3-5-7(13)8(6)17-9/h16H,2-5H2,1H3. The van der Waals surface area contributed by atoms with Gasteiger partial charge in [0.25, 0.3) is 0 Å². The Kier molecular flexibility index (Phi) is 3.68. The van der Waals surface area contributed by atoms with Crippen LogP contribution in [-0.2, 0) is 11.2 Å². The number of thiazole rings is 1. The largest absolute Gasteiger partial charge is 0.449 e. The van der Waals surface area contributed by atoms with Gasteiger partial charge in [-0.05, 0) is 19.8 Å². The Morgan fingerprint density at radius 2 is 2.35 bits per heavy atom.